The number of aliphatic hydroxyl groups excluding tert-OH is 1. The molecule has 1 aliphatic carbocycles. The molecule has 9 nitrogen and oxygen atoms in total. The molecule has 4 rings (SSSR count). The lowest BCUT2D eigenvalue weighted by Crippen LogP contribution is -2.42. The highest BCUT2D eigenvalue weighted by Gasteiger charge is 2.47. The summed E-state index contributed by atoms with van der Waals surface area (Å²) in [4.78, 5) is 13.9. The Kier molecular flexibility index (Phi) is 6.47. The summed E-state index contributed by atoms with van der Waals surface area (Å²) in [5, 5.41) is 14.0. The van der Waals surface area contributed by atoms with Crippen molar-refractivity contribution in [3.05, 3.63) is 58.9 Å². The number of nitrogens with zero attached hydrogens (tertiary/aromatic N) is 1. The molecule has 1 aliphatic heterocycles. The van der Waals surface area contributed by atoms with E-state index in [1.165, 1.54) is 30.3 Å². The standard InChI is InChI=1S/C25H30FN3O6S2/c1-24(2,3)10-11-25(4)17-8-6-14(26)12-16(17)21(30)20(22(25)31)23-27-18-9-7-15(28-36(5,32)33)13-19(18)37(34,35)29-23/h6-9,12-13,28,30,34-35H,10-11H2,1-5H3,(H,27,29)/t25-/m0/s1. The number of hydrogen-bond donors (Lipinski definition) is 5. The van der Waals surface area contributed by atoms with Crippen LogP contribution in [0.4, 0.5) is 15.8 Å². The molecular formula is C25H30FN3O6S2. The van der Waals surface area contributed by atoms with Gasteiger partial charge in [0.05, 0.1) is 23.0 Å². The maximum atomic E-state index is 14.2. The Labute approximate surface area is 217 Å². The summed E-state index contributed by atoms with van der Waals surface area (Å²) in [5.41, 5.74) is -0.669. The quantitative estimate of drug-likeness (QED) is 0.321. The average Bonchev–Trinajstić information content (AvgIpc) is 2.75. The number of carbonyl (C=O) groups is 1. The summed E-state index contributed by atoms with van der Waals surface area (Å²) < 4.78 is 65.4. The van der Waals surface area contributed by atoms with Gasteiger partial charge >= 0.3 is 0 Å². The van der Waals surface area contributed by atoms with Gasteiger partial charge in [0.2, 0.25) is 10.0 Å². The molecule has 37 heavy (non-hydrogen) atoms. The van der Waals surface area contributed by atoms with Gasteiger partial charge in [-0.15, -0.1) is 4.40 Å². The smallest absolute Gasteiger partial charge is 0.229 e. The molecule has 1 heterocycles. The van der Waals surface area contributed by atoms with Crippen molar-refractivity contribution in [1.82, 2.24) is 0 Å². The predicted octanol–water partition coefficient (Wildman–Crippen LogP) is 5.68. The van der Waals surface area contributed by atoms with Gasteiger partial charge in [-0.05, 0) is 61.1 Å². The van der Waals surface area contributed by atoms with Crippen LogP contribution in [0, 0.1) is 11.2 Å². The first-order valence-electron chi connectivity index (χ1n) is 11.5. The molecule has 0 spiro atoms. The molecule has 0 saturated heterocycles. The molecule has 0 radical (unpaired) electrons. The van der Waals surface area contributed by atoms with E-state index in [1.54, 1.807) is 6.92 Å². The van der Waals surface area contributed by atoms with E-state index in [0.29, 0.717) is 18.4 Å². The molecule has 0 aromatic heterocycles. The highest BCUT2D eigenvalue weighted by molar-refractivity contribution is 8.23. The topological polar surface area (TPSA) is 148 Å². The van der Waals surface area contributed by atoms with E-state index in [2.05, 4.69) is 14.4 Å². The average molecular weight is 552 g/mol. The molecule has 2 aliphatic rings. The summed E-state index contributed by atoms with van der Waals surface area (Å²) in [6.45, 7) is 7.84. The third-order valence-corrected chi connectivity index (χ3v) is 8.43. The van der Waals surface area contributed by atoms with Gasteiger partial charge < -0.3 is 10.4 Å². The molecule has 0 unspecified atom stereocenters. The van der Waals surface area contributed by atoms with Crippen molar-refractivity contribution < 1.29 is 31.8 Å². The lowest BCUT2D eigenvalue weighted by Gasteiger charge is -2.39. The van der Waals surface area contributed by atoms with Crippen molar-refractivity contribution in [2.75, 3.05) is 16.3 Å². The Bertz CT molecular complexity index is 1480. The van der Waals surface area contributed by atoms with E-state index in [4.69, 9.17) is 0 Å². The normalized spacial score (nSPS) is 21.9. The van der Waals surface area contributed by atoms with Crippen molar-refractivity contribution in [3.8, 4) is 0 Å². The maximum absolute atomic E-state index is 14.2. The first kappa shape index (κ1) is 27.1. The monoisotopic (exact) mass is 551 g/mol. The van der Waals surface area contributed by atoms with E-state index < -0.39 is 43.6 Å². The molecule has 0 bridgehead atoms. The van der Waals surface area contributed by atoms with Gasteiger partial charge in [0.25, 0.3) is 0 Å². The van der Waals surface area contributed by atoms with E-state index >= 15 is 0 Å². The summed E-state index contributed by atoms with van der Waals surface area (Å²) >= 11 is 0. The van der Waals surface area contributed by atoms with E-state index in [1.807, 2.05) is 20.8 Å². The predicted molar refractivity (Wildman–Crippen MR) is 144 cm³/mol. The van der Waals surface area contributed by atoms with Crippen LogP contribution in [0.2, 0.25) is 0 Å². The second-order valence-electron chi connectivity index (χ2n) is 10.8. The number of benzene rings is 2. The van der Waals surface area contributed by atoms with E-state index in [-0.39, 0.29) is 38.7 Å². The second-order valence-corrected chi connectivity index (χ2v) is 14.2. The third-order valence-electron chi connectivity index (χ3n) is 6.46. The number of fused-ring (bicyclic) bond motifs is 2. The minimum atomic E-state index is -3.90. The van der Waals surface area contributed by atoms with Crippen LogP contribution in [0.15, 0.2) is 51.3 Å². The summed E-state index contributed by atoms with van der Waals surface area (Å²) in [6.07, 6.45) is 2.00. The second kappa shape index (κ2) is 8.83. The van der Waals surface area contributed by atoms with Gasteiger partial charge in [0, 0.05) is 5.56 Å². The van der Waals surface area contributed by atoms with Crippen molar-refractivity contribution in [2.45, 2.75) is 50.8 Å². The van der Waals surface area contributed by atoms with Crippen LogP contribution in [0.1, 0.15) is 51.7 Å². The van der Waals surface area contributed by atoms with Crippen LogP contribution in [-0.4, -0.2) is 40.5 Å². The zero-order chi connectivity index (χ0) is 27.6. The number of halogens is 1. The number of rotatable bonds is 5. The summed E-state index contributed by atoms with van der Waals surface area (Å²) in [5.74, 6) is -1.88. The third kappa shape index (κ3) is 5.24. The largest absolute Gasteiger partial charge is 0.506 e. The maximum Gasteiger partial charge on any atom is 0.229 e. The first-order valence-corrected chi connectivity index (χ1v) is 14.9. The molecule has 0 saturated carbocycles. The molecule has 1 atom stereocenters. The molecule has 12 heteroatoms. The number of ketones is 1. The van der Waals surface area contributed by atoms with Crippen molar-refractivity contribution >= 4 is 49.6 Å². The molecule has 2 aromatic carbocycles. The van der Waals surface area contributed by atoms with Gasteiger partial charge in [-0.2, -0.15) is 0 Å². The molecular weight excluding hydrogens is 521 g/mol. The fraction of sp³-hybridized carbons (Fsp3) is 0.360. The summed E-state index contributed by atoms with van der Waals surface area (Å²) in [6, 6.07) is 7.92. The minimum Gasteiger partial charge on any atom is -0.506 e. The van der Waals surface area contributed by atoms with Crippen molar-refractivity contribution in [3.63, 3.8) is 0 Å². The number of hydrogen-bond acceptors (Lipinski definition) is 8. The Morgan fingerprint density at radius 1 is 1.16 bits per heavy atom. The first-order chi connectivity index (χ1) is 16.9. The van der Waals surface area contributed by atoms with Gasteiger partial charge in [-0.3, -0.25) is 18.6 Å². The SMILES string of the molecule is CC(C)(C)CC[C@]1(C)C(=O)C(C2=NS(O)(O)c3cc(NS(C)(=O)=O)ccc3N2)=C(O)c2cc(F)ccc21. The van der Waals surface area contributed by atoms with Crippen LogP contribution < -0.4 is 10.0 Å². The zero-order valence-electron chi connectivity index (χ0n) is 21.1. The Morgan fingerprint density at radius 2 is 1.84 bits per heavy atom. The van der Waals surface area contributed by atoms with Gasteiger partial charge in [0.1, 0.15) is 22.0 Å². The number of amidine groups is 1. The van der Waals surface area contributed by atoms with Crippen LogP contribution in [0.25, 0.3) is 5.76 Å². The van der Waals surface area contributed by atoms with Gasteiger partial charge in [-0.25, -0.2) is 12.8 Å². The lowest BCUT2D eigenvalue weighted by molar-refractivity contribution is -0.120. The zero-order valence-corrected chi connectivity index (χ0v) is 22.7. The van der Waals surface area contributed by atoms with Crippen molar-refractivity contribution in [2.24, 2.45) is 9.81 Å². The van der Waals surface area contributed by atoms with Gasteiger partial charge in [-0.1, -0.05) is 37.6 Å². The molecule has 200 valence electrons. The molecule has 2 aromatic rings. The Balaban J connectivity index is 1.85. The molecule has 0 amide bonds. The van der Waals surface area contributed by atoms with Crippen molar-refractivity contribution in [1.29, 1.82) is 0 Å². The lowest BCUT2D eigenvalue weighted by atomic mass is 9.65. The van der Waals surface area contributed by atoms with E-state index in [0.717, 1.165) is 12.3 Å². The van der Waals surface area contributed by atoms with Crippen LogP contribution in [-0.2, 0) is 20.2 Å². The fourth-order valence-corrected chi connectivity index (χ4v) is 6.24. The summed E-state index contributed by atoms with van der Waals surface area (Å²) in [7, 11) is -7.53. The Morgan fingerprint density at radius 3 is 2.46 bits per heavy atom. The minimum absolute atomic E-state index is 0.0878. The number of sulfonamides is 1. The Hall–Kier alpha value is -2.93. The van der Waals surface area contributed by atoms with E-state index in [9.17, 15) is 31.8 Å². The van der Waals surface area contributed by atoms with Crippen LogP contribution in [0.3, 0.4) is 0 Å². The number of carbonyl (C=O) groups excluding carboxylic acids is 1. The number of Topliss-reactive ketones (excluding diaryl/α,β-unsaturated/α-hetero) is 1. The van der Waals surface area contributed by atoms with Crippen LogP contribution >= 0.6 is 10.8 Å². The van der Waals surface area contributed by atoms with Gasteiger partial charge in [0.15, 0.2) is 11.6 Å². The highest BCUT2D eigenvalue weighted by atomic mass is 32.3. The number of nitrogens with one attached hydrogen (secondary N) is 2. The molecule has 5 N–H and O–H groups in total. The molecule has 0 fully saturated rings. The number of anilines is 2. The van der Waals surface area contributed by atoms with Crippen LogP contribution in [0.5, 0.6) is 0 Å². The fourth-order valence-electron chi connectivity index (χ4n) is 4.49. The number of aliphatic hydroxyl groups is 1. The highest BCUT2D eigenvalue weighted by Crippen LogP contribution is 2.57.